The minimum absolute atomic E-state index is 0.00471. The summed E-state index contributed by atoms with van der Waals surface area (Å²) in [6.45, 7) is 0. The lowest BCUT2D eigenvalue weighted by molar-refractivity contribution is 0.0696. The second kappa shape index (κ2) is 7.56. The van der Waals surface area contributed by atoms with Crippen molar-refractivity contribution >= 4 is 33.6 Å². The van der Waals surface area contributed by atoms with Crippen LogP contribution in [0.5, 0.6) is 0 Å². The van der Waals surface area contributed by atoms with Crippen molar-refractivity contribution in [3.05, 3.63) is 59.2 Å². The Morgan fingerprint density at radius 3 is 1.74 bits per heavy atom. The third-order valence-electron chi connectivity index (χ3n) is 3.58. The maximum absolute atomic E-state index is 12.3. The number of rotatable bonds is 6. The van der Waals surface area contributed by atoms with Crippen LogP contribution >= 0.6 is 0 Å². The Morgan fingerprint density at radius 1 is 0.852 bits per heavy atom. The molecule has 9 nitrogen and oxygen atoms in total. The highest BCUT2D eigenvalue weighted by Gasteiger charge is 2.18. The van der Waals surface area contributed by atoms with E-state index in [1.54, 1.807) is 0 Å². The molecule has 2 rings (SSSR count). The van der Waals surface area contributed by atoms with E-state index in [2.05, 4.69) is 5.32 Å². The van der Waals surface area contributed by atoms with E-state index in [0.29, 0.717) is 0 Å². The van der Waals surface area contributed by atoms with Gasteiger partial charge in [-0.05, 0) is 42.5 Å². The van der Waals surface area contributed by atoms with Crippen LogP contribution in [-0.4, -0.2) is 54.9 Å². The zero-order valence-electron chi connectivity index (χ0n) is 14.3. The van der Waals surface area contributed by atoms with Crippen molar-refractivity contribution in [3.8, 4) is 0 Å². The Bertz CT molecular complexity index is 980. The Kier molecular flexibility index (Phi) is 5.62. The number of carboxylic acid groups (broad SMARTS) is 2. The van der Waals surface area contributed by atoms with Crippen molar-refractivity contribution in [2.45, 2.75) is 4.90 Å². The number of amides is 1. The van der Waals surface area contributed by atoms with Crippen molar-refractivity contribution in [2.75, 3.05) is 19.4 Å². The predicted octanol–water partition coefficient (Wildman–Crippen LogP) is 1.59. The number of benzene rings is 2. The molecule has 2 aromatic rings. The van der Waals surface area contributed by atoms with Crippen LogP contribution in [0.15, 0.2) is 47.4 Å². The number of hydrogen-bond donors (Lipinski definition) is 3. The van der Waals surface area contributed by atoms with Crippen molar-refractivity contribution in [1.29, 1.82) is 0 Å². The van der Waals surface area contributed by atoms with Crippen molar-refractivity contribution in [2.24, 2.45) is 0 Å². The van der Waals surface area contributed by atoms with Crippen molar-refractivity contribution < 1.29 is 33.0 Å². The average molecular weight is 392 g/mol. The largest absolute Gasteiger partial charge is 0.478 e. The molecule has 0 heterocycles. The van der Waals surface area contributed by atoms with E-state index in [1.807, 2.05) is 0 Å². The predicted molar refractivity (Wildman–Crippen MR) is 95.6 cm³/mol. The van der Waals surface area contributed by atoms with E-state index in [1.165, 1.54) is 38.4 Å². The topological polar surface area (TPSA) is 141 Å². The van der Waals surface area contributed by atoms with E-state index in [0.717, 1.165) is 22.5 Å². The highest BCUT2D eigenvalue weighted by atomic mass is 32.2. The summed E-state index contributed by atoms with van der Waals surface area (Å²) in [5.74, 6) is -3.33. The summed E-state index contributed by atoms with van der Waals surface area (Å²) in [4.78, 5) is 34.5. The zero-order valence-corrected chi connectivity index (χ0v) is 15.1. The van der Waals surface area contributed by atoms with Gasteiger partial charge in [0.1, 0.15) is 0 Å². The summed E-state index contributed by atoms with van der Waals surface area (Å²) in [7, 11) is -0.877. The molecule has 0 saturated heterocycles. The maximum atomic E-state index is 12.3. The second-order valence-corrected chi connectivity index (χ2v) is 7.83. The monoisotopic (exact) mass is 392 g/mol. The van der Waals surface area contributed by atoms with Crippen LogP contribution in [0.1, 0.15) is 31.1 Å². The Hall–Kier alpha value is -3.24. The SMILES string of the molecule is CN(C)S(=O)(=O)c1ccc(C(=O)Nc2cc(C(=O)O)cc(C(=O)O)c2)cc1. The van der Waals surface area contributed by atoms with Gasteiger partial charge in [0, 0.05) is 25.3 Å². The summed E-state index contributed by atoms with van der Waals surface area (Å²) >= 11 is 0. The fourth-order valence-electron chi connectivity index (χ4n) is 2.14. The van der Waals surface area contributed by atoms with Gasteiger partial charge in [-0.1, -0.05) is 0 Å². The molecule has 2 aromatic carbocycles. The van der Waals surface area contributed by atoms with Gasteiger partial charge in [-0.3, -0.25) is 4.79 Å². The number of carbonyl (C=O) groups excluding carboxylic acids is 1. The number of anilines is 1. The zero-order chi connectivity index (χ0) is 20.4. The molecule has 10 heteroatoms. The molecule has 0 aliphatic heterocycles. The number of carboxylic acids is 2. The molecular weight excluding hydrogens is 376 g/mol. The Balaban J connectivity index is 2.30. The number of nitrogens with one attached hydrogen (secondary N) is 1. The maximum Gasteiger partial charge on any atom is 0.335 e. The summed E-state index contributed by atoms with van der Waals surface area (Å²) in [5, 5.41) is 20.5. The van der Waals surface area contributed by atoms with Gasteiger partial charge in [0.05, 0.1) is 16.0 Å². The molecule has 27 heavy (non-hydrogen) atoms. The molecule has 0 spiro atoms. The van der Waals surface area contributed by atoms with Gasteiger partial charge in [-0.15, -0.1) is 0 Å². The molecular formula is C17H16N2O7S. The third-order valence-corrected chi connectivity index (χ3v) is 5.41. The van der Waals surface area contributed by atoms with Gasteiger partial charge >= 0.3 is 11.9 Å². The molecule has 0 bridgehead atoms. The number of nitrogens with zero attached hydrogens (tertiary/aromatic N) is 1. The minimum Gasteiger partial charge on any atom is -0.478 e. The lowest BCUT2D eigenvalue weighted by Crippen LogP contribution is -2.22. The molecule has 0 atom stereocenters. The molecule has 0 radical (unpaired) electrons. The quantitative estimate of drug-likeness (QED) is 0.678. The van der Waals surface area contributed by atoms with E-state index in [4.69, 9.17) is 10.2 Å². The number of aromatic carboxylic acids is 2. The van der Waals surface area contributed by atoms with E-state index in [9.17, 15) is 22.8 Å². The fraction of sp³-hybridized carbons (Fsp3) is 0.118. The Morgan fingerprint density at radius 2 is 1.33 bits per heavy atom. The first kappa shape index (κ1) is 20.1. The van der Waals surface area contributed by atoms with Crippen molar-refractivity contribution in [3.63, 3.8) is 0 Å². The van der Waals surface area contributed by atoms with Crippen molar-refractivity contribution in [1.82, 2.24) is 4.31 Å². The first-order valence-corrected chi connectivity index (χ1v) is 8.92. The number of sulfonamides is 1. The molecule has 3 N–H and O–H groups in total. The van der Waals surface area contributed by atoms with Crippen LogP contribution in [0.3, 0.4) is 0 Å². The smallest absolute Gasteiger partial charge is 0.335 e. The molecule has 0 aliphatic rings. The number of hydrogen-bond acceptors (Lipinski definition) is 5. The van der Waals surface area contributed by atoms with E-state index >= 15 is 0 Å². The lowest BCUT2D eigenvalue weighted by atomic mass is 10.1. The first-order chi connectivity index (χ1) is 12.5. The standard InChI is InChI=1S/C17H16N2O7S/c1-19(2)27(25,26)14-5-3-10(4-6-14)15(20)18-13-8-11(16(21)22)7-12(9-13)17(23)24/h3-9H,1-2H3,(H,18,20)(H,21,22)(H,23,24). The van der Waals surface area contributed by atoms with Gasteiger partial charge in [-0.2, -0.15) is 0 Å². The fourth-order valence-corrected chi connectivity index (χ4v) is 3.04. The van der Waals surface area contributed by atoms with Gasteiger partial charge in [-0.25, -0.2) is 22.3 Å². The molecule has 0 aliphatic carbocycles. The molecule has 1 amide bonds. The molecule has 0 aromatic heterocycles. The molecule has 0 unspecified atom stereocenters. The molecule has 0 saturated carbocycles. The summed E-state index contributed by atoms with van der Waals surface area (Å²) in [6.07, 6.45) is 0. The summed E-state index contributed by atoms with van der Waals surface area (Å²) in [5.41, 5.74) is -0.483. The van der Waals surface area contributed by atoms with Crippen LogP contribution in [0.25, 0.3) is 0 Å². The lowest BCUT2D eigenvalue weighted by Gasteiger charge is -2.12. The normalized spacial score (nSPS) is 11.2. The van der Waals surface area contributed by atoms with Gasteiger partial charge in [0.2, 0.25) is 10.0 Å². The Labute approximate surface area is 154 Å². The van der Waals surface area contributed by atoms with Gasteiger partial charge in [0.15, 0.2) is 0 Å². The van der Waals surface area contributed by atoms with Crippen LogP contribution < -0.4 is 5.32 Å². The van der Waals surface area contributed by atoms with Gasteiger partial charge < -0.3 is 15.5 Å². The first-order valence-electron chi connectivity index (χ1n) is 7.48. The van der Waals surface area contributed by atoms with Crippen LogP contribution in [-0.2, 0) is 10.0 Å². The van der Waals surface area contributed by atoms with E-state index in [-0.39, 0.29) is 27.3 Å². The van der Waals surface area contributed by atoms with Crippen LogP contribution in [0.4, 0.5) is 5.69 Å². The van der Waals surface area contributed by atoms with Gasteiger partial charge in [0.25, 0.3) is 5.91 Å². The third kappa shape index (κ3) is 4.49. The van der Waals surface area contributed by atoms with Crippen LogP contribution in [0.2, 0.25) is 0 Å². The summed E-state index contributed by atoms with van der Waals surface area (Å²) in [6, 6.07) is 8.34. The minimum atomic E-state index is -3.64. The molecule has 142 valence electrons. The number of carbonyl (C=O) groups is 3. The van der Waals surface area contributed by atoms with Crippen LogP contribution in [0, 0.1) is 0 Å². The highest BCUT2D eigenvalue weighted by Crippen LogP contribution is 2.18. The summed E-state index contributed by atoms with van der Waals surface area (Å²) < 4.78 is 25.1. The second-order valence-electron chi connectivity index (χ2n) is 5.68. The molecule has 0 fully saturated rings. The highest BCUT2D eigenvalue weighted by molar-refractivity contribution is 7.89. The average Bonchev–Trinajstić information content (AvgIpc) is 2.61. The van der Waals surface area contributed by atoms with E-state index < -0.39 is 27.9 Å².